The van der Waals surface area contributed by atoms with Gasteiger partial charge in [0.2, 0.25) is 0 Å². The van der Waals surface area contributed by atoms with Crippen molar-refractivity contribution in [1.82, 2.24) is 19.3 Å². The van der Waals surface area contributed by atoms with E-state index in [4.69, 9.17) is 11.6 Å². The van der Waals surface area contributed by atoms with Gasteiger partial charge >= 0.3 is 0 Å². The normalized spacial score (nSPS) is 11.4. The molecule has 19 heavy (non-hydrogen) atoms. The average molecular weight is 344 g/mol. The lowest BCUT2D eigenvalue weighted by atomic mass is 10.3. The van der Waals surface area contributed by atoms with E-state index in [2.05, 4.69) is 26.0 Å². The quantitative estimate of drug-likeness (QED) is 0.669. The molecule has 0 bridgehead atoms. The first-order valence-electron chi connectivity index (χ1n) is 5.52. The van der Waals surface area contributed by atoms with Gasteiger partial charge in [0.05, 0.1) is 21.4 Å². The minimum atomic E-state index is -0.342. The molecule has 1 aromatic carbocycles. The first-order chi connectivity index (χ1) is 9.10. The first kappa shape index (κ1) is 12.6. The van der Waals surface area contributed by atoms with Crippen molar-refractivity contribution in [3.8, 4) is 5.82 Å². The number of imidazole rings is 1. The molecule has 0 fully saturated rings. The maximum absolute atomic E-state index is 13.7. The van der Waals surface area contributed by atoms with Crippen LogP contribution in [0.4, 0.5) is 4.39 Å². The third-order valence-corrected chi connectivity index (χ3v) is 3.66. The molecule has 0 unspecified atom stereocenters. The Morgan fingerprint density at radius 3 is 2.84 bits per heavy atom. The van der Waals surface area contributed by atoms with Gasteiger partial charge in [-0.15, -0.1) is 11.6 Å². The molecule has 3 aromatic rings. The van der Waals surface area contributed by atoms with E-state index in [1.165, 1.54) is 6.07 Å². The van der Waals surface area contributed by atoms with Gasteiger partial charge in [-0.25, -0.2) is 9.37 Å². The van der Waals surface area contributed by atoms with Gasteiger partial charge in [-0.1, -0.05) is 0 Å². The van der Waals surface area contributed by atoms with E-state index in [-0.39, 0.29) is 11.7 Å². The van der Waals surface area contributed by atoms with Crippen LogP contribution < -0.4 is 0 Å². The third-order valence-electron chi connectivity index (χ3n) is 2.81. The van der Waals surface area contributed by atoms with Crippen molar-refractivity contribution in [3.63, 3.8) is 0 Å². The van der Waals surface area contributed by atoms with E-state index in [1.54, 1.807) is 15.3 Å². The van der Waals surface area contributed by atoms with Crippen LogP contribution in [0.2, 0.25) is 0 Å². The lowest BCUT2D eigenvalue weighted by molar-refractivity contribution is 0.622. The Morgan fingerprint density at radius 2 is 2.21 bits per heavy atom. The van der Waals surface area contributed by atoms with Crippen molar-refractivity contribution >= 4 is 38.6 Å². The number of aryl methyl sites for hydroxylation is 1. The van der Waals surface area contributed by atoms with Crippen LogP contribution in [0.25, 0.3) is 16.9 Å². The van der Waals surface area contributed by atoms with Crippen molar-refractivity contribution in [1.29, 1.82) is 0 Å². The third kappa shape index (κ3) is 2.04. The monoisotopic (exact) mass is 342 g/mol. The predicted molar refractivity (Wildman–Crippen MR) is 75.1 cm³/mol. The van der Waals surface area contributed by atoms with Crippen molar-refractivity contribution in [3.05, 3.63) is 40.5 Å². The van der Waals surface area contributed by atoms with Crippen molar-refractivity contribution in [2.24, 2.45) is 7.05 Å². The van der Waals surface area contributed by atoms with E-state index in [1.807, 2.05) is 19.3 Å². The predicted octanol–water partition coefficient (Wildman–Crippen LogP) is 3.40. The van der Waals surface area contributed by atoms with E-state index < -0.39 is 0 Å². The molecule has 2 aromatic heterocycles. The summed E-state index contributed by atoms with van der Waals surface area (Å²) < 4.78 is 17.5. The molecule has 0 amide bonds. The van der Waals surface area contributed by atoms with Crippen molar-refractivity contribution in [2.75, 3.05) is 0 Å². The Kier molecular flexibility index (Phi) is 3.06. The molecule has 0 saturated carbocycles. The van der Waals surface area contributed by atoms with Crippen LogP contribution in [-0.4, -0.2) is 19.3 Å². The number of benzene rings is 1. The van der Waals surface area contributed by atoms with Gasteiger partial charge in [-0.05, 0) is 22.0 Å². The van der Waals surface area contributed by atoms with Gasteiger partial charge < -0.3 is 0 Å². The molecule has 0 saturated heterocycles. The summed E-state index contributed by atoms with van der Waals surface area (Å²) in [7, 11) is 1.82. The highest BCUT2D eigenvalue weighted by Gasteiger charge is 2.15. The fraction of sp³-hybridized carbons (Fsp3) is 0.167. The molecule has 4 nitrogen and oxygen atoms in total. The molecular weight excluding hydrogens is 335 g/mol. The Bertz CT molecular complexity index is 765. The summed E-state index contributed by atoms with van der Waals surface area (Å²) in [5.74, 6) is 1.19. The first-order valence-corrected chi connectivity index (χ1v) is 6.85. The van der Waals surface area contributed by atoms with Gasteiger partial charge in [0.1, 0.15) is 11.6 Å². The Labute approximate surface area is 121 Å². The van der Waals surface area contributed by atoms with Gasteiger partial charge in [-0.3, -0.25) is 9.25 Å². The molecule has 3 rings (SSSR count). The lowest BCUT2D eigenvalue weighted by Crippen LogP contribution is -2.01. The number of halogens is 3. The van der Waals surface area contributed by atoms with Crippen LogP contribution in [-0.2, 0) is 12.9 Å². The van der Waals surface area contributed by atoms with E-state index in [9.17, 15) is 4.39 Å². The lowest BCUT2D eigenvalue weighted by Gasteiger charge is -2.03. The number of nitrogens with zero attached hydrogens (tertiary/aromatic N) is 4. The standard InChI is InChI=1S/C12H9BrClFN4/c1-18-3-2-11(17-18)19-10-5-8(15)7(13)4-9(10)16-12(19)6-14/h2-5H,6H2,1H3. The second-order valence-corrected chi connectivity index (χ2v) is 5.22. The number of fused-ring (bicyclic) bond motifs is 1. The summed E-state index contributed by atoms with van der Waals surface area (Å²) >= 11 is 9.07. The van der Waals surface area contributed by atoms with Crippen LogP contribution in [0.15, 0.2) is 28.9 Å². The minimum Gasteiger partial charge on any atom is -0.278 e. The molecule has 0 aliphatic rings. The van der Waals surface area contributed by atoms with Crippen LogP contribution in [0, 0.1) is 5.82 Å². The SMILES string of the molecule is Cn1ccc(-n2c(CCl)nc3cc(Br)c(F)cc32)n1. The highest BCUT2D eigenvalue weighted by molar-refractivity contribution is 9.10. The minimum absolute atomic E-state index is 0.227. The van der Waals surface area contributed by atoms with Crippen LogP contribution in [0.3, 0.4) is 0 Å². The highest BCUT2D eigenvalue weighted by Crippen LogP contribution is 2.26. The smallest absolute Gasteiger partial charge is 0.160 e. The zero-order chi connectivity index (χ0) is 13.6. The van der Waals surface area contributed by atoms with Crippen LogP contribution >= 0.6 is 27.5 Å². The number of hydrogen-bond acceptors (Lipinski definition) is 2. The van der Waals surface area contributed by atoms with Gasteiger partial charge in [0, 0.05) is 25.4 Å². The Morgan fingerprint density at radius 1 is 1.42 bits per heavy atom. The van der Waals surface area contributed by atoms with Gasteiger partial charge in [0.25, 0.3) is 0 Å². The van der Waals surface area contributed by atoms with E-state index in [0.29, 0.717) is 27.1 Å². The molecule has 2 heterocycles. The molecule has 0 radical (unpaired) electrons. The van der Waals surface area contributed by atoms with E-state index in [0.717, 1.165) is 0 Å². The number of rotatable bonds is 2. The van der Waals surface area contributed by atoms with Crippen molar-refractivity contribution < 1.29 is 4.39 Å². The number of alkyl halides is 1. The molecule has 0 aliphatic heterocycles. The summed E-state index contributed by atoms with van der Waals surface area (Å²) in [6.45, 7) is 0. The molecule has 7 heteroatoms. The van der Waals surface area contributed by atoms with E-state index >= 15 is 0 Å². The van der Waals surface area contributed by atoms with Gasteiger partial charge in [0.15, 0.2) is 5.82 Å². The molecule has 0 atom stereocenters. The zero-order valence-corrected chi connectivity index (χ0v) is 12.3. The average Bonchev–Trinajstić information content (AvgIpc) is 2.93. The fourth-order valence-electron chi connectivity index (χ4n) is 1.99. The number of aromatic nitrogens is 4. The maximum Gasteiger partial charge on any atom is 0.160 e. The van der Waals surface area contributed by atoms with Crippen LogP contribution in [0.5, 0.6) is 0 Å². The second-order valence-electron chi connectivity index (χ2n) is 4.10. The summed E-state index contributed by atoms with van der Waals surface area (Å²) in [6, 6.07) is 4.90. The Hall–Kier alpha value is -1.40. The highest BCUT2D eigenvalue weighted by atomic mass is 79.9. The summed E-state index contributed by atoms with van der Waals surface area (Å²) in [4.78, 5) is 4.40. The van der Waals surface area contributed by atoms with Crippen LogP contribution in [0.1, 0.15) is 5.82 Å². The summed E-state index contributed by atoms with van der Waals surface area (Å²) in [5, 5.41) is 4.31. The van der Waals surface area contributed by atoms with Gasteiger partial charge in [-0.2, -0.15) is 5.10 Å². The zero-order valence-electron chi connectivity index (χ0n) is 9.94. The second kappa shape index (κ2) is 4.61. The summed E-state index contributed by atoms with van der Waals surface area (Å²) in [6.07, 6.45) is 1.81. The fourth-order valence-corrected chi connectivity index (χ4v) is 2.50. The molecule has 98 valence electrons. The number of hydrogen-bond donors (Lipinski definition) is 0. The molecule has 0 spiro atoms. The molecule has 0 aliphatic carbocycles. The molecular formula is C12H9BrClFN4. The van der Waals surface area contributed by atoms with Crippen molar-refractivity contribution in [2.45, 2.75) is 5.88 Å². The molecule has 0 N–H and O–H groups in total. The topological polar surface area (TPSA) is 35.6 Å². The Balaban J connectivity index is 2.35. The summed E-state index contributed by atoms with van der Waals surface area (Å²) in [5.41, 5.74) is 1.32. The largest absolute Gasteiger partial charge is 0.278 e. The maximum atomic E-state index is 13.7.